The molecule has 0 aliphatic carbocycles. The van der Waals surface area contributed by atoms with Gasteiger partial charge in [-0.05, 0) is 48.2 Å². The van der Waals surface area contributed by atoms with Gasteiger partial charge in [-0.1, -0.05) is 18.2 Å². The van der Waals surface area contributed by atoms with Gasteiger partial charge in [0.05, 0.1) is 6.61 Å². The largest absolute Gasteiger partial charge is 0.491 e. The number of aliphatic hydroxyl groups excluding tert-OH is 1. The Morgan fingerprint density at radius 3 is 2.41 bits per heavy atom. The number of amides is 1. The summed E-state index contributed by atoms with van der Waals surface area (Å²) in [6.07, 6.45) is 3.28. The number of carbonyl (C=O) groups excluding carboxylic acids is 1. The maximum atomic E-state index is 12.3. The molecule has 0 aliphatic rings. The summed E-state index contributed by atoms with van der Waals surface area (Å²) < 4.78 is 10.8. The van der Waals surface area contributed by atoms with E-state index in [1.165, 1.54) is 6.08 Å². The van der Waals surface area contributed by atoms with Crippen molar-refractivity contribution >= 4 is 29.5 Å². The van der Waals surface area contributed by atoms with Gasteiger partial charge < -0.3 is 19.7 Å². The van der Waals surface area contributed by atoms with Gasteiger partial charge >= 0.3 is 12.1 Å². The molecule has 0 aromatic heterocycles. The number of aliphatic carboxylic acids is 1. The summed E-state index contributed by atoms with van der Waals surface area (Å²) in [6, 6.07) is 14.2. The van der Waals surface area contributed by atoms with Gasteiger partial charge in [-0.3, -0.25) is 5.32 Å². The van der Waals surface area contributed by atoms with E-state index in [1.54, 1.807) is 48.2 Å². The number of rotatable bonds is 10. The normalized spacial score (nSPS) is 11.8. The summed E-state index contributed by atoms with van der Waals surface area (Å²) in [7, 11) is 0. The summed E-state index contributed by atoms with van der Waals surface area (Å²) in [5, 5.41) is 20.3. The molecule has 0 heterocycles. The number of hydrogen-bond donors (Lipinski definition) is 3. The third-order valence-corrected chi connectivity index (χ3v) is 4.55. The van der Waals surface area contributed by atoms with Crippen molar-refractivity contribution in [3.8, 4) is 5.75 Å². The van der Waals surface area contributed by atoms with Crippen molar-refractivity contribution in [1.29, 1.82) is 0 Å². The predicted octanol–water partition coefficient (Wildman–Crippen LogP) is 4.10. The molecule has 2 aromatic carbocycles. The van der Waals surface area contributed by atoms with Crippen LogP contribution in [0.1, 0.15) is 18.1 Å². The molecule has 2 rings (SSSR count). The van der Waals surface area contributed by atoms with E-state index in [2.05, 4.69) is 5.32 Å². The second-order valence-electron chi connectivity index (χ2n) is 5.86. The highest BCUT2D eigenvalue weighted by molar-refractivity contribution is 7.98. The van der Waals surface area contributed by atoms with E-state index < -0.39 is 18.2 Å². The number of hydrogen-bond acceptors (Lipinski definition) is 6. The highest BCUT2D eigenvalue weighted by Crippen LogP contribution is 2.25. The SMILES string of the molecule is CSc1ccc(NC(=O)O[C@@H](C/C=C/C(=O)O)c2ccc(OCCO)cc2)cc1. The second-order valence-corrected chi connectivity index (χ2v) is 6.74. The van der Waals surface area contributed by atoms with E-state index in [0.29, 0.717) is 17.0 Å². The molecule has 0 unspecified atom stereocenters. The van der Waals surface area contributed by atoms with Crippen LogP contribution >= 0.6 is 11.8 Å². The molecule has 29 heavy (non-hydrogen) atoms. The lowest BCUT2D eigenvalue weighted by molar-refractivity contribution is -0.131. The third kappa shape index (κ3) is 7.89. The number of carboxylic acids is 1. The molecule has 0 saturated heterocycles. The van der Waals surface area contributed by atoms with Crippen molar-refractivity contribution in [2.24, 2.45) is 0 Å². The van der Waals surface area contributed by atoms with Gasteiger partial charge in [-0.25, -0.2) is 9.59 Å². The maximum Gasteiger partial charge on any atom is 0.412 e. The van der Waals surface area contributed by atoms with Crippen LogP contribution in [0.15, 0.2) is 65.6 Å². The third-order valence-electron chi connectivity index (χ3n) is 3.81. The van der Waals surface area contributed by atoms with Crippen LogP contribution < -0.4 is 10.1 Å². The smallest absolute Gasteiger partial charge is 0.412 e. The van der Waals surface area contributed by atoms with Crippen LogP contribution in [0.2, 0.25) is 0 Å². The van der Waals surface area contributed by atoms with E-state index in [1.807, 2.05) is 18.4 Å². The molecule has 0 aliphatic heterocycles. The summed E-state index contributed by atoms with van der Waals surface area (Å²) >= 11 is 1.60. The van der Waals surface area contributed by atoms with E-state index in [9.17, 15) is 9.59 Å². The molecular formula is C21H23NO6S. The first-order valence-corrected chi connectivity index (χ1v) is 10.1. The average molecular weight is 417 g/mol. The molecule has 0 bridgehead atoms. The summed E-state index contributed by atoms with van der Waals surface area (Å²) in [6.45, 7) is 0.0872. The molecule has 1 amide bonds. The number of thioether (sulfide) groups is 1. The van der Waals surface area contributed by atoms with Crippen LogP contribution in [0, 0.1) is 0 Å². The number of benzene rings is 2. The van der Waals surface area contributed by atoms with Crippen LogP contribution in [0.4, 0.5) is 10.5 Å². The molecular weight excluding hydrogens is 394 g/mol. The van der Waals surface area contributed by atoms with Gasteiger partial charge in [0.15, 0.2) is 0 Å². The number of carbonyl (C=O) groups is 2. The minimum Gasteiger partial charge on any atom is -0.491 e. The first-order chi connectivity index (χ1) is 14.0. The molecule has 154 valence electrons. The van der Waals surface area contributed by atoms with Gasteiger partial charge in [0.1, 0.15) is 18.5 Å². The number of nitrogens with one attached hydrogen (secondary N) is 1. The molecule has 2 aromatic rings. The molecule has 8 heteroatoms. The lowest BCUT2D eigenvalue weighted by atomic mass is 10.1. The zero-order valence-corrected chi connectivity index (χ0v) is 16.7. The van der Waals surface area contributed by atoms with Crippen LogP contribution in [0.25, 0.3) is 0 Å². The number of ether oxygens (including phenoxy) is 2. The minimum absolute atomic E-state index is 0.0917. The zero-order chi connectivity index (χ0) is 21.1. The lowest BCUT2D eigenvalue weighted by Crippen LogP contribution is -2.17. The fourth-order valence-corrected chi connectivity index (χ4v) is 2.85. The molecule has 3 N–H and O–H groups in total. The average Bonchev–Trinajstić information content (AvgIpc) is 2.72. The van der Waals surface area contributed by atoms with Crippen molar-refractivity contribution in [3.05, 3.63) is 66.2 Å². The Hall–Kier alpha value is -2.97. The van der Waals surface area contributed by atoms with Crippen molar-refractivity contribution in [2.75, 3.05) is 24.8 Å². The monoisotopic (exact) mass is 417 g/mol. The summed E-state index contributed by atoms with van der Waals surface area (Å²) in [5.41, 5.74) is 1.28. The van der Waals surface area contributed by atoms with Gasteiger partial charge in [0.2, 0.25) is 0 Å². The minimum atomic E-state index is -1.07. The van der Waals surface area contributed by atoms with Gasteiger partial charge in [-0.2, -0.15) is 0 Å². The Morgan fingerprint density at radius 1 is 1.14 bits per heavy atom. The lowest BCUT2D eigenvalue weighted by Gasteiger charge is -2.18. The zero-order valence-electron chi connectivity index (χ0n) is 15.9. The first-order valence-electron chi connectivity index (χ1n) is 8.86. The summed E-state index contributed by atoms with van der Waals surface area (Å²) in [4.78, 5) is 24.1. The molecule has 0 saturated carbocycles. The Bertz CT molecular complexity index is 820. The van der Waals surface area contributed by atoms with Crippen molar-refractivity contribution in [1.82, 2.24) is 0 Å². The van der Waals surface area contributed by atoms with Crippen LogP contribution in [-0.2, 0) is 9.53 Å². The Kier molecular flexibility index (Phi) is 9.07. The molecule has 7 nitrogen and oxygen atoms in total. The molecule has 1 atom stereocenters. The number of anilines is 1. The topological polar surface area (TPSA) is 105 Å². The van der Waals surface area contributed by atoms with Gasteiger partial charge in [0.25, 0.3) is 0 Å². The molecule has 0 radical (unpaired) electrons. The first kappa shape index (κ1) is 22.3. The summed E-state index contributed by atoms with van der Waals surface area (Å²) in [5.74, 6) is -0.504. The fourth-order valence-electron chi connectivity index (χ4n) is 2.44. The van der Waals surface area contributed by atoms with Gasteiger partial charge in [0, 0.05) is 23.1 Å². The Balaban J connectivity index is 2.07. The molecule has 0 fully saturated rings. The van der Waals surface area contributed by atoms with Crippen molar-refractivity contribution in [2.45, 2.75) is 17.4 Å². The van der Waals surface area contributed by atoms with E-state index >= 15 is 0 Å². The van der Waals surface area contributed by atoms with Crippen LogP contribution in [-0.4, -0.2) is 41.7 Å². The molecule has 0 spiro atoms. The maximum absolute atomic E-state index is 12.3. The highest BCUT2D eigenvalue weighted by Gasteiger charge is 2.16. The van der Waals surface area contributed by atoms with E-state index in [0.717, 1.165) is 11.0 Å². The van der Waals surface area contributed by atoms with Crippen LogP contribution in [0.5, 0.6) is 5.75 Å². The number of aliphatic hydroxyl groups is 1. The quantitative estimate of drug-likeness (QED) is 0.395. The Morgan fingerprint density at radius 2 is 1.83 bits per heavy atom. The van der Waals surface area contributed by atoms with Crippen molar-refractivity contribution < 1.29 is 29.3 Å². The van der Waals surface area contributed by atoms with E-state index in [-0.39, 0.29) is 19.6 Å². The second kappa shape index (κ2) is 11.8. The highest BCUT2D eigenvalue weighted by atomic mass is 32.2. The van der Waals surface area contributed by atoms with E-state index in [4.69, 9.17) is 19.7 Å². The van der Waals surface area contributed by atoms with Gasteiger partial charge in [-0.15, -0.1) is 11.8 Å². The predicted molar refractivity (Wildman–Crippen MR) is 111 cm³/mol. The van der Waals surface area contributed by atoms with Crippen LogP contribution in [0.3, 0.4) is 0 Å². The number of carboxylic acid groups (broad SMARTS) is 1. The Labute approximate surface area is 173 Å². The fraction of sp³-hybridized carbons (Fsp3) is 0.238. The van der Waals surface area contributed by atoms with Crippen molar-refractivity contribution in [3.63, 3.8) is 0 Å². The standard InChI is InChI=1S/C21H23NO6S/c1-29-18-11-7-16(8-12-18)22-21(26)28-19(3-2-4-20(24)25)15-5-9-17(10-6-15)27-14-13-23/h2,4-12,19,23H,3,13-14H2,1H3,(H,22,26)(H,24,25)/b4-2+/t19-/m0/s1.